The van der Waals surface area contributed by atoms with E-state index in [1.807, 2.05) is 0 Å². The lowest BCUT2D eigenvalue weighted by atomic mass is 10.00. The number of guanidine groups is 1. The van der Waals surface area contributed by atoms with Gasteiger partial charge in [-0.25, -0.2) is 4.79 Å². The summed E-state index contributed by atoms with van der Waals surface area (Å²) in [7, 11) is 0. The smallest absolute Gasteiger partial charge is 0.386 e. The summed E-state index contributed by atoms with van der Waals surface area (Å²) in [6.45, 7) is -0.0969. The van der Waals surface area contributed by atoms with Gasteiger partial charge in [0.1, 0.15) is 6.54 Å². The summed E-state index contributed by atoms with van der Waals surface area (Å²) in [5.74, 6) is 0.381. The van der Waals surface area contributed by atoms with Crippen LogP contribution in [-0.2, 0) is 19.1 Å². The molecule has 3 aromatic carbocycles. The van der Waals surface area contributed by atoms with Crippen molar-refractivity contribution in [3.63, 3.8) is 0 Å². The van der Waals surface area contributed by atoms with Crippen LogP contribution in [-0.4, -0.2) is 53.9 Å². The van der Waals surface area contributed by atoms with Crippen molar-refractivity contribution in [3.8, 4) is 11.8 Å². The molecule has 0 bridgehead atoms. The second kappa shape index (κ2) is 14.2. The van der Waals surface area contributed by atoms with Crippen LogP contribution in [0.15, 0.2) is 78.9 Å². The van der Waals surface area contributed by atoms with Crippen LogP contribution in [0.25, 0.3) is 0 Å². The van der Waals surface area contributed by atoms with Gasteiger partial charge in [-0.2, -0.15) is 13.2 Å². The average molecular weight is 620 g/mol. The minimum atomic E-state index is -5.40. The molecular formula is C32H28F3N5O5. The van der Waals surface area contributed by atoms with Gasteiger partial charge in [-0.3, -0.25) is 24.7 Å². The molecule has 45 heavy (non-hydrogen) atoms. The molecule has 4 rings (SSSR count). The largest absolute Gasteiger partial charge is 0.491 e. The normalized spacial score (nSPS) is 13.6. The molecule has 1 atom stereocenters. The van der Waals surface area contributed by atoms with E-state index in [0.29, 0.717) is 36.2 Å². The molecule has 1 heterocycles. The molecule has 0 radical (unpaired) electrons. The van der Waals surface area contributed by atoms with Crippen LogP contribution in [0.5, 0.6) is 0 Å². The Balaban J connectivity index is 1.74. The van der Waals surface area contributed by atoms with Crippen LogP contribution in [0.1, 0.15) is 46.8 Å². The third-order valence-corrected chi connectivity index (χ3v) is 6.68. The van der Waals surface area contributed by atoms with E-state index in [4.69, 9.17) is 11.1 Å². The number of esters is 2. The monoisotopic (exact) mass is 619 g/mol. The van der Waals surface area contributed by atoms with Gasteiger partial charge in [-0.1, -0.05) is 60.4 Å². The van der Waals surface area contributed by atoms with Gasteiger partial charge in [0.25, 0.3) is 11.8 Å². The highest BCUT2D eigenvalue weighted by molar-refractivity contribution is 6.13. The van der Waals surface area contributed by atoms with Crippen molar-refractivity contribution in [1.29, 1.82) is 5.41 Å². The Bertz CT molecular complexity index is 1650. The van der Waals surface area contributed by atoms with Crippen molar-refractivity contribution in [2.45, 2.75) is 31.5 Å². The molecule has 1 aliphatic rings. The molecule has 0 aromatic heterocycles. The Kier molecular flexibility index (Phi) is 10.2. The van der Waals surface area contributed by atoms with Crippen molar-refractivity contribution in [3.05, 3.63) is 95.6 Å². The summed E-state index contributed by atoms with van der Waals surface area (Å²) in [5.41, 5.74) is 6.83. The minimum absolute atomic E-state index is 0.0652. The fourth-order valence-electron chi connectivity index (χ4n) is 4.68. The fraction of sp³-hybridized carbons (Fsp3) is 0.219. The summed E-state index contributed by atoms with van der Waals surface area (Å²) in [4.78, 5) is 54.5. The number of hydrogen-bond acceptors (Lipinski definition) is 6. The number of rotatable bonds is 8. The van der Waals surface area contributed by atoms with Gasteiger partial charge in [0.15, 0.2) is 5.96 Å². The van der Waals surface area contributed by atoms with Gasteiger partial charge in [-0.05, 0) is 42.3 Å². The SMILES string of the molecule is N=C(N)NCCCC#Cc1ccc2c(c1)C(=O)N(C(CC(=O)OC(=O)C(F)(F)F)c1ccccc1)CC(=O)N2c1ccccc1. The van der Waals surface area contributed by atoms with E-state index in [2.05, 4.69) is 21.9 Å². The molecule has 2 amide bonds. The highest BCUT2D eigenvalue weighted by Gasteiger charge is 2.43. The highest BCUT2D eigenvalue weighted by Crippen LogP contribution is 2.36. The Morgan fingerprint density at radius 1 is 1.02 bits per heavy atom. The summed E-state index contributed by atoms with van der Waals surface area (Å²) in [6.07, 6.45) is -5.17. The van der Waals surface area contributed by atoms with Crippen molar-refractivity contribution in [1.82, 2.24) is 10.2 Å². The van der Waals surface area contributed by atoms with E-state index in [1.165, 1.54) is 11.0 Å². The third-order valence-electron chi connectivity index (χ3n) is 6.68. The van der Waals surface area contributed by atoms with E-state index in [1.54, 1.807) is 72.8 Å². The van der Waals surface area contributed by atoms with Gasteiger partial charge < -0.3 is 20.7 Å². The molecule has 0 spiro atoms. The van der Waals surface area contributed by atoms with Crippen LogP contribution in [0.3, 0.4) is 0 Å². The third kappa shape index (κ3) is 8.26. The van der Waals surface area contributed by atoms with Crippen molar-refractivity contribution < 1.29 is 37.1 Å². The molecule has 0 saturated heterocycles. The minimum Gasteiger partial charge on any atom is -0.386 e. The van der Waals surface area contributed by atoms with Crippen LogP contribution in [0.2, 0.25) is 0 Å². The van der Waals surface area contributed by atoms with Gasteiger partial charge in [0, 0.05) is 24.2 Å². The molecule has 0 aliphatic carbocycles. The van der Waals surface area contributed by atoms with Crippen LogP contribution in [0, 0.1) is 17.3 Å². The first kappa shape index (κ1) is 32.3. The first-order valence-corrected chi connectivity index (χ1v) is 13.7. The van der Waals surface area contributed by atoms with Gasteiger partial charge in [-0.15, -0.1) is 0 Å². The molecule has 3 aromatic rings. The summed E-state index contributed by atoms with van der Waals surface area (Å²) >= 11 is 0. The first-order chi connectivity index (χ1) is 21.5. The van der Waals surface area contributed by atoms with E-state index in [9.17, 15) is 32.3 Å². The quantitative estimate of drug-likeness (QED) is 0.0856. The fourth-order valence-corrected chi connectivity index (χ4v) is 4.68. The second-order valence-corrected chi connectivity index (χ2v) is 9.87. The maximum Gasteiger partial charge on any atom is 0.491 e. The maximum absolute atomic E-state index is 14.2. The number of nitrogens with one attached hydrogen (secondary N) is 2. The van der Waals surface area contributed by atoms with Gasteiger partial charge >= 0.3 is 18.1 Å². The number of carbonyl (C=O) groups is 4. The van der Waals surface area contributed by atoms with Crippen molar-refractivity contribution >= 4 is 41.1 Å². The number of fused-ring (bicyclic) bond motifs is 1. The maximum atomic E-state index is 14.2. The lowest BCUT2D eigenvalue weighted by molar-refractivity contribution is -0.202. The van der Waals surface area contributed by atoms with E-state index in [0.717, 1.165) is 4.90 Å². The number of para-hydroxylation sites is 1. The second-order valence-electron chi connectivity index (χ2n) is 9.87. The number of unbranched alkanes of at least 4 members (excludes halogenated alkanes) is 1. The molecule has 1 aliphatic heterocycles. The Hall–Kier alpha value is -5.64. The van der Waals surface area contributed by atoms with Crippen LogP contribution in [0.4, 0.5) is 24.5 Å². The summed E-state index contributed by atoms with van der Waals surface area (Å²) in [5, 5.41) is 9.88. The number of anilines is 2. The number of benzene rings is 3. The number of nitrogens with zero attached hydrogens (tertiary/aromatic N) is 2. The highest BCUT2D eigenvalue weighted by atomic mass is 19.4. The number of halogens is 3. The number of carbonyl (C=O) groups excluding carboxylic acids is 4. The molecule has 1 unspecified atom stereocenters. The van der Waals surface area contributed by atoms with Gasteiger partial charge in [0.05, 0.1) is 23.7 Å². The number of alkyl halides is 3. The van der Waals surface area contributed by atoms with E-state index >= 15 is 0 Å². The number of nitrogens with two attached hydrogens (primary N) is 1. The topological polar surface area (TPSA) is 146 Å². The predicted molar refractivity (Wildman–Crippen MR) is 158 cm³/mol. The molecule has 13 heteroatoms. The Morgan fingerprint density at radius 2 is 1.69 bits per heavy atom. The zero-order chi connectivity index (χ0) is 32.6. The molecular weight excluding hydrogens is 591 g/mol. The van der Waals surface area contributed by atoms with Crippen molar-refractivity contribution in [2.24, 2.45) is 5.73 Å². The molecule has 232 valence electrons. The predicted octanol–water partition coefficient (Wildman–Crippen LogP) is 4.19. The lowest BCUT2D eigenvalue weighted by Gasteiger charge is -2.30. The molecule has 4 N–H and O–H groups in total. The lowest BCUT2D eigenvalue weighted by Crippen LogP contribution is -2.41. The number of ether oxygens (including phenoxy) is 1. The Labute approximate surface area is 256 Å². The first-order valence-electron chi connectivity index (χ1n) is 13.7. The Morgan fingerprint density at radius 3 is 2.33 bits per heavy atom. The summed E-state index contributed by atoms with van der Waals surface area (Å²) in [6, 6.07) is 20.0. The number of amides is 2. The average Bonchev–Trinajstić information content (AvgIpc) is 3.11. The standard InChI is InChI=1S/C32H28F3N5O5/c33-32(34,35)30(44)45-28(42)19-26(22-11-5-1-6-12-22)39-20-27(41)40(23-13-7-2-8-14-23)25-16-15-21(18-24(25)29(39)43)10-4-3-9-17-38-31(36)37/h1-2,5-8,11-16,18,26H,3,9,17,19-20H2,(H4,36,37,38). The van der Waals surface area contributed by atoms with E-state index in [-0.39, 0.29) is 17.2 Å². The zero-order valence-electron chi connectivity index (χ0n) is 23.8. The van der Waals surface area contributed by atoms with Crippen molar-refractivity contribution in [2.75, 3.05) is 18.0 Å². The van der Waals surface area contributed by atoms with E-state index < -0.39 is 48.9 Å². The molecule has 0 saturated carbocycles. The van der Waals surface area contributed by atoms with Crippen LogP contribution < -0.4 is 16.0 Å². The van der Waals surface area contributed by atoms with Gasteiger partial charge in [0.2, 0.25) is 0 Å². The number of hydrogen-bond donors (Lipinski definition) is 3. The molecule has 10 nitrogen and oxygen atoms in total. The zero-order valence-corrected chi connectivity index (χ0v) is 23.8. The summed E-state index contributed by atoms with van der Waals surface area (Å²) < 4.78 is 42.5. The van der Waals surface area contributed by atoms with Crippen LogP contribution >= 0.6 is 0 Å². The molecule has 0 fully saturated rings.